The maximum absolute atomic E-state index is 13.3. The van der Waals surface area contributed by atoms with E-state index < -0.39 is 87.4 Å². The number of phenolic OH excluding ortho intramolecular Hbond substituents is 2. The van der Waals surface area contributed by atoms with Crippen LogP contribution in [0.5, 0.6) is 11.5 Å². The molecule has 0 bridgehead atoms. The number of aromatic hydroxyl groups is 2. The maximum atomic E-state index is 13.3. The molecule has 0 unspecified atom stereocenters. The van der Waals surface area contributed by atoms with Gasteiger partial charge in [0.15, 0.2) is 22.3 Å². The highest BCUT2D eigenvalue weighted by Crippen LogP contribution is 2.49. The summed E-state index contributed by atoms with van der Waals surface area (Å²) < 4.78 is 0. The summed E-state index contributed by atoms with van der Waals surface area (Å²) in [6, 6.07) is -0.0516. The second-order valence-electron chi connectivity index (χ2n) is 9.51. The zero-order valence-electron chi connectivity index (χ0n) is 22.4. The van der Waals surface area contributed by atoms with Gasteiger partial charge in [-0.2, -0.15) is 0 Å². The Balaban J connectivity index is 1.30. The fourth-order valence-corrected chi connectivity index (χ4v) is 7.09. The molecule has 45 heavy (non-hydrogen) atoms. The van der Waals surface area contributed by atoms with Crippen molar-refractivity contribution in [2.45, 2.75) is 16.3 Å². The quantitative estimate of drug-likeness (QED) is 0.0674. The summed E-state index contributed by atoms with van der Waals surface area (Å²) in [6.45, 7) is -1.66. The van der Waals surface area contributed by atoms with Crippen LogP contribution < -0.4 is 16.5 Å². The molecular formula is C23H21ClN8O11S2. The SMILES string of the molecule is Nc1nc(/C(=N/OCC(=O)O)C(=O)N[C@@H]2C(=O)N3C[C@@](C(=O)O)(N4CCN(NC(=O)c5ccc(O)c(O)c5Cl)C4=O)S[C@H]23)cs1. The number of oxime groups is 1. The molecule has 3 saturated heterocycles. The number of nitrogen functional groups attached to an aromatic ring is 1. The molecule has 1 aromatic carbocycles. The molecule has 1 aromatic heterocycles. The molecule has 0 spiro atoms. The first-order valence-electron chi connectivity index (χ1n) is 12.5. The molecule has 0 saturated carbocycles. The summed E-state index contributed by atoms with van der Waals surface area (Å²) in [5, 5.41) is 45.2. The zero-order valence-corrected chi connectivity index (χ0v) is 24.8. The van der Waals surface area contributed by atoms with Crippen LogP contribution in [0.15, 0.2) is 22.7 Å². The van der Waals surface area contributed by atoms with E-state index in [4.69, 9.17) is 22.4 Å². The number of carbonyl (C=O) groups is 6. The first-order chi connectivity index (χ1) is 21.2. The third-order valence-electron chi connectivity index (χ3n) is 6.81. The van der Waals surface area contributed by atoms with Gasteiger partial charge in [-0.15, -0.1) is 11.3 Å². The topological polar surface area (TPSA) is 278 Å². The average molecular weight is 685 g/mol. The van der Waals surface area contributed by atoms with E-state index in [1.165, 1.54) is 5.38 Å². The molecule has 3 aliphatic rings. The Morgan fingerprint density at radius 2 is 1.93 bits per heavy atom. The van der Waals surface area contributed by atoms with Crippen LogP contribution in [0.25, 0.3) is 0 Å². The van der Waals surface area contributed by atoms with Crippen molar-refractivity contribution in [2.75, 3.05) is 32.0 Å². The number of β-lactam (4-membered cyclic amide) rings is 1. The van der Waals surface area contributed by atoms with Gasteiger partial charge >= 0.3 is 18.0 Å². The van der Waals surface area contributed by atoms with Crippen molar-refractivity contribution in [3.8, 4) is 11.5 Å². The number of amides is 5. The predicted molar refractivity (Wildman–Crippen MR) is 153 cm³/mol. The van der Waals surface area contributed by atoms with E-state index in [9.17, 15) is 44.1 Å². The Morgan fingerprint density at radius 3 is 2.58 bits per heavy atom. The van der Waals surface area contributed by atoms with E-state index in [1.54, 1.807) is 0 Å². The number of thioether (sulfide) groups is 1. The summed E-state index contributed by atoms with van der Waals surface area (Å²) in [5.74, 6) is -6.72. The number of carbonyl (C=O) groups excluding carboxylic acids is 4. The van der Waals surface area contributed by atoms with Crippen LogP contribution >= 0.6 is 34.7 Å². The minimum Gasteiger partial charge on any atom is -0.504 e. The molecule has 19 nitrogen and oxygen atoms in total. The van der Waals surface area contributed by atoms with Gasteiger partial charge in [-0.1, -0.05) is 28.5 Å². The maximum Gasteiger partial charge on any atom is 0.344 e. The number of rotatable bonds is 10. The number of nitrogens with one attached hydrogen (secondary N) is 2. The number of nitrogens with two attached hydrogens (primary N) is 1. The number of phenols is 2. The van der Waals surface area contributed by atoms with Crippen LogP contribution in [0.3, 0.4) is 0 Å². The van der Waals surface area contributed by atoms with Crippen molar-refractivity contribution >= 4 is 81.2 Å². The number of aliphatic carboxylic acids is 2. The molecule has 5 amide bonds. The third-order valence-corrected chi connectivity index (χ3v) is 9.55. The highest BCUT2D eigenvalue weighted by Gasteiger charge is 2.66. The Hall–Kier alpha value is -5.02. The highest BCUT2D eigenvalue weighted by atomic mass is 35.5. The Bertz CT molecular complexity index is 1670. The number of fused-ring (bicyclic) bond motifs is 1. The first kappa shape index (κ1) is 31.4. The van der Waals surface area contributed by atoms with Crippen LogP contribution in [-0.2, 0) is 24.0 Å². The molecule has 0 radical (unpaired) electrons. The second kappa shape index (κ2) is 11.8. The van der Waals surface area contributed by atoms with Crippen molar-refractivity contribution < 1.29 is 54.0 Å². The number of aromatic nitrogens is 1. The van der Waals surface area contributed by atoms with Crippen LogP contribution in [0.4, 0.5) is 9.93 Å². The molecule has 3 aliphatic heterocycles. The van der Waals surface area contributed by atoms with Crippen LogP contribution in [0.2, 0.25) is 5.02 Å². The number of urea groups is 1. The number of benzene rings is 1. The predicted octanol–water partition coefficient (Wildman–Crippen LogP) is -1.14. The van der Waals surface area contributed by atoms with E-state index in [0.29, 0.717) is 0 Å². The number of halogens is 1. The van der Waals surface area contributed by atoms with Gasteiger partial charge in [0.1, 0.15) is 17.1 Å². The number of hydrogen-bond acceptors (Lipinski definition) is 14. The Kier molecular flexibility index (Phi) is 8.25. The van der Waals surface area contributed by atoms with E-state index >= 15 is 0 Å². The summed E-state index contributed by atoms with van der Waals surface area (Å²) in [7, 11) is 0. The molecule has 238 valence electrons. The van der Waals surface area contributed by atoms with Crippen molar-refractivity contribution in [1.29, 1.82) is 0 Å². The van der Waals surface area contributed by atoms with E-state index in [2.05, 4.69) is 25.7 Å². The van der Waals surface area contributed by atoms with E-state index in [0.717, 1.165) is 50.0 Å². The normalized spacial score (nSPS) is 22.6. The number of carboxylic acid groups (broad SMARTS) is 2. The number of hydrazine groups is 1. The average Bonchev–Trinajstić information content (AvgIpc) is 3.68. The summed E-state index contributed by atoms with van der Waals surface area (Å²) in [5.41, 5.74) is 7.10. The summed E-state index contributed by atoms with van der Waals surface area (Å²) in [4.78, 5) is 84.4. The van der Waals surface area contributed by atoms with Crippen LogP contribution in [0.1, 0.15) is 16.1 Å². The molecule has 8 N–H and O–H groups in total. The van der Waals surface area contributed by atoms with Crippen molar-refractivity contribution in [3.63, 3.8) is 0 Å². The third kappa shape index (κ3) is 5.55. The molecule has 0 aliphatic carbocycles. The van der Waals surface area contributed by atoms with Crippen LogP contribution in [0, 0.1) is 0 Å². The highest BCUT2D eigenvalue weighted by molar-refractivity contribution is 8.02. The largest absolute Gasteiger partial charge is 0.504 e. The van der Waals surface area contributed by atoms with Gasteiger partial charge in [-0.3, -0.25) is 24.7 Å². The second-order valence-corrected chi connectivity index (χ2v) is 12.2. The fourth-order valence-electron chi connectivity index (χ4n) is 4.66. The monoisotopic (exact) mass is 684 g/mol. The minimum absolute atomic E-state index is 0.0587. The van der Waals surface area contributed by atoms with Crippen molar-refractivity contribution in [3.05, 3.63) is 33.8 Å². The fraction of sp³-hybridized carbons (Fsp3) is 0.304. The lowest BCUT2D eigenvalue weighted by atomic mass is 10.1. The van der Waals surface area contributed by atoms with E-state index in [1.807, 2.05) is 0 Å². The lowest BCUT2D eigenvalue weighted by Gasteiger charge is -2.41. The Morgan fingerprint density at radius 1 is 1.20 bits per heavy atom. The van der Waals surface area contributed by atoms with E-state index in [-0.39, 0.29) is 29.5 Å². The summed E-state index contributed by atoms with van der Waals surface area (Å²) >= 11 is 7.61. The molecule has 3 fully saturated rings. The molecule has 2 aromatic rings. The number of hydrogen-bond donors (Lipinski definition) is 7. The minimum atomic E-state index is -2.00. The van der Waals surface area contributed by atoms with Crippen molar-refractivity contribution in [1.82, 2.24) is 30.5 Å². The Labute approximate surface area is 264 Å². The number of thiazole rings is 1. The van der Waals surface area contributed by atoms with Gasteiger partial charge in [0.2, 0.25) is 17.4 Å². The zero-order chi connectivity index (χ0) is 32.8. The van der Waals surface area contributed by atoms with Gasteiger partial charge in [-0.25, -0.2) is 24.4 Å². The van der Waals surface area contributed by atoms with Gasteiger partial charge in [-0.05, 0) is 12.1 Å². The number of carboxylic acids is 2. The number of nitrogens with zero attached hydrogens (tertiary/aromatic N) is 5. The van der Waals surface area contributed by atoms with Crippen LogP contribution in [-0.4, -0.2) is 124 Å². The van der Waals surface area contributed by atoms with Gasteiger partial charge in [0.25, 0.3) is 11.8 Å². The molecular weight excluding hydrogens is 664 g/mol. The summed E-state index contributed by atoms with van der Waals surface area (Å²) in [6.07, 6.45) is 0. The van der Waals surface area contributed by atoms with Gasteiger partial charge in [0.05, 0.1) is 23.7 Å². The molecule has 4 heterocycles. The molecule has 22 heteroatoms. The molecule has 5 rings (SSSR count). The number of anilines is 1. The lowest BCUT2D eigenvalue weighted by Crippen LogP contribution is -2.68. The molecule has 3 atom stereocenters. The lowest BCUT2D eigenvalue weighted by molar-refractivity contribution is -0.151. The van der Waals surface area contributed by atoms with Gasteiger partial charge in [0, 0.05) is 11.9 Å². The van der Waals surface area contributed by atoms with Gasteiger partial charge < -0.3 is 41.2 Å². The smallest absolute Gasteiger partial charge is 0.344 e. The first-order valence-corrected chi connectivity index (χ1v) is 14.6. The van der Waals surface area contributed by atoms with Crippen molar-refractivity contribution in [2.24, 2.45) is 5.16 Å². The standard InChI is InChI=1S/C23H21ClN8O11S2/c24-12-8(1-2-10(33)15(12)36)16(37)28-32-4-3-31(22(32)42)23(20(40)41)7-30-18(39)14(19(30)45-23)27-17(38)13(29-43-5-11(34)35)9-6-44-21(25)26-9/h1-2,6,14,19,33,36H,3-5,7H2,(H2,25,26)(H,27,38)(H,28,37)(H,34,35)(H,40,41)/b29-13-/t14-,19-,23-/m1/s1.